The molecule has 0 bridgehead atoms. The van der Waals surface area contributed by atoms with Crippen molar-refractivity contribution in [2.75, 3.05) is 9.80 Å². The molecule has 20 aromatic rings. The third-order valence-electron chi connectivity index (χ3n) is 22.5. The highest BCUT2D eigenvalue weighted by Crippen LogP contribution is 2.56. The first kappa shape index (κ1) is 61.3. The van der Waals surface area contributed by atoms with Crippen LogP contribution in [0, 0.1) is 0 Å². The topological polar surface area (TPSA) is 37.7 Å². The van der Waals surface area contributed by atoms with Gasteiger partial charge < -0.3 is 23.2 Å². The lowest BCUT2D eigenvalue weighted by Gasteiger charge is -2.46. The lowest BCUT2D eigenvalue weighted by Crippen LogP contribution is -2.61. The largest absolute Gasteiger partial charge is 0.455 e. The molecule has 17 aromatic carbocycles. The van der Waals surface area contributed by atoms with Gasteiger partial charge in [-0.1, -0.05) is 315 Å². The fraction of sp³-hybridized carbons (Fsp3) is 0. The summed E-state index contributed by atoms with van der Waals surface area (Å²) in [5.74, 6) is 0. The molecule has 0 atom stereocenters. The Labute approximate surface area is 625 Å². The van der Waals surface area contributed by atoms with E-state index < -0.39 is 6.71 Å². The van der Waals surface area contributed by atoms with Gasteiger partial charge >= 0.3 is 0 Å². The molecule has 5 nitrogen and oxygen atoms in total. The molecule has 2 aliphatic rings. The van der Waals surface area contributed by atoms with E-state index >= 15 is 0 Å². The highest BCUT2D eigenvalue weighted by atomic mass is 16.3. The van der Waals surface area contributed by atoms with Crippen LogP contribution in [0.25, 0.3) is 160 Å². The minimum absolute atomic E-state index is 0.391. The molecule has 0 saturated heterocycles. The Kier molecular flexibility index (Phi) is 14.0. The highest BCUT2D eigenvalue weighted by molar-refractivity contribution is 7.00. The third kappa shape index (κ3) is 9.67. The SMILES string of the molecule is c1ccc(-c2cc(-c3ccccc3)c(N3c4ccc(-c5cccc6c5oc5ccccc56)cc4B4c5cc(-c6cccc7c6oc6ccccc67)ccc5N(c5c(-c6ccccc6)cc(-c6ccccc6)cc5-c5ccccc5)c5cc(-n6c7ccccc7c7ccccc76)cc3c54)c(-c3ccccc3)c2)cc1. The smallest absolute Gasteiger partial charge is 0.252 e. The Hall–Kier alpha value is -14.2. The van der Waals surface area contributed by atoms with E-state index in [1.54, 1.807) is 0 Å². The zero-order valence-electron chi connectivity index (χ0n) is 58.7. The van der Waals surface area contributed by atoms with Crippen LogP contribution in [0.4, 0.5) is 34.1 Å². The van der Waals surface area contributed by atoms with Crippen LogP contribution in [0.1, 0.15) is 0 Å². The van der Waals surface area contributed by atoms with Crippen molar-refractivity contribution in [2.45, 2.75) is 0 Å². The van der Waals surface area contributed by atoms with E-state index in [0.717, 1.165) is 200 Å². The van der Waals surface area contributed by atoms with Crippen molar-refractivity contribution < 1.29 is 8.83 Å². The van der Waals surface area contributed by atoms with Crippen molar-refractivity contribution in [1.82, 2.24) is 4.57 Å². The van der Waals surface area contributed by atoms with E-state index in [-0.39, 0.29) is 0 Å². The summed E-state index contributed by atoms with van der Waals surface area (Å²) in [6.07, 6.45) is 0. The number of nitrogens with zero attached hydrogens (tertiary/aromatic N) is 3. The minimum atomic E-state index is -0.391. The molecule has 108 heavy (non-hydrogen) atoms. The van der Waals surface area contributed by atoms with Crippen molar-refractivity contribution in [3.05, 3.63) is 388 Å². The van der Waals surface area contributed by atoms with Gasteiger partial charge in [-0.3, -0.25) is 0 Å². The molecule has 0 fully saturated rings. The monoisotopic (exact) mass is 1370 g/mol. The van der Waals surface area contributed by atoms with Crippen LogP contribution in [-0.4, -0.2) is 11.3 Å². The first-order valence-corrected chi connectivity index (χ1v) is 37.1. The van der Waals surface area contributed by atoms with Crippen molar-refractivity contribution in [3.63, 3.8) is 0 Å². The molecule has 3 aromatic heterocycles. The van der Waals surface area contributed by atoms with Gasteiger partial charge in [-0.15, -0.1) is 0 Å². The predicted molar refractivity (Wildman–Crippen MR) is 453 cm³/mol. The van der Waals surface area contributed by atoms with Crippen molar-refractivity contribution in [1.29, 1.82) is 0 Å². The number of para-hydroxylation sites is 6. The van der Waals surface area contributed by atoms with Gasteiger partial charge in [-0.2, -0.15) is 0 Å². The maximum absolute atomic E-state index is 7.04. The molecule has 0 radical (unpaired) electrons. The minimum Gasteiger partial charge on any atom is -0.455 e. The van der Waals surface area contributed by atoms with E-state index in [1.165, 1.54) is 10.8 Å². The van der Waals surface area contributed by atoms with Crippen molar-refractivity contribution in [3.8, 4) is 94.7 Å². The first-order chi connectivity index (χ1) is 53.6. The summed E-state index contributed by atoms with van der Waals surface area (Å²) in [4.78, 5) is 5.34. The van der Waals surface area contributed by atoms with Gasteiger partial charge in [-0.25, -0.2) is 0 Å². The Morgan fingerprint density at radius 2 is 0.537 bits per heavy atom. The van der Waals surface area contributed by atoms with E-state index in [1.807, 2.05) is 0 Å². The summed E-state index contributed by atoms with van der Waals surface area (Å²) in [5.41, 5.74) is 33.9. The number of furan rings is 2. The highest BCUT2D eigenvalue weighted by Gasteiger charge is 2.46. The number of hydrogen-bond acceptors (Lipinski definition) is 4. The summed E-state index contributed by atoms with van der Waals surface area (Å²) >= 11 is 0. The maximum Gasteiger partial charge on any atom is 0.252 e. The molecule has 0 aliphatic carbocycles. The zero-order chi connectivity index (χ0) is 70.9. The number of aromatic nitrogens is 1. The molecule has 0 amide bonds. The summed E-state index contributed by atoms with van der Waals surface area (Å²) in [6, 6.07) is 143. The maximum atomic E-state index is 7.04. The van der Waals surface area contributed by atoms with E-state index in [4.69, 9.17) is 8.83 Å². The van der Waals surface area contributed by atoms with Crippen LogP contribution in [0.3, 0.4) is 0 Å². The molecule has 5 heterocycles. The second-order valence-electron chi connectivity index (χ2n) is 28.5. The van der Waals surface area contributed by atoms with Gasteiger partial charge in [0.1, 0.15) is 22.3 Å². The second-order valence-corrected chi connectivity index (χ2v) is 28.5. The van der Waals surface area contributed by atoms with Gasteiger partial charge in [-0.05, 0) is 145 Å². The molecule has 502 valence electrons. The predicted octanol–water partition coefficient (Wildman–Crippen LogP) is 26.0. The number of rotatable bonds is 11. The molecule has 6 heteroatoms. The van der Waals surface area contributed by atoms with E-state index in [0.29, 0.717) is 0 Å². The Balaban J connectivity index is 0.944. The summed E-state index contributed by atoms with van der Waals surface area (Å²) in [7, 11) is 0. The van der Waals surface area contributed by atoms with Gasteiger partial charge in [0.25, 0.3) is 6.71 Å². The van der Waals surface area contributed by atoms with Gasteiger partial charge in [0, 0.05) is 88.4 Å². The standard InChI is InChI=1S/C102H64BN3O2/c1-7-29-65(30-8-1)73-57-84(67-33-11-3-12-34-67)99(85(58-73)68-35-13-4-14-36-68)105-92-55-53-71(76-45-27-47-82-80-43-21-25-51-96(80)107-101(76)82)61-88(92)103-89-62-72(77-46-28-48-83-81-44-22-26-52-97(81)108-102(77)83)54-56-93(89)106(95-64-75(63-94(105)98(95)103)104-90-49-23-19-41-78(90)79-42-20-24-50-91(79)104)100-86(69-37-15-5-16-38-69)59-74(66-31-9-2-10-32-66)60-87(100)70-39-17-6-18-40-70/h1-64H. The lowest BCUT2D eigenvalue weighted by molar-refractivity contribution is 0.669. The fourth-order valence-electron chi connectivity index (χ4n) is 17.8. The Bertz CT molecular complexity index is 6450. The van der Waals surface area contributed by atoms with Gasteiger partial charge in [0.05, 0.1) is 28.1 Å². The average Bonchev–Trinajstić information content (AvgIpc) is 0.687. The molecular weight excluding hydrogens is 1310 g/mol. The van der Waals surface area contributed by atoms with E-state index in [9.17, 15) is 0 Å². The summed E-state index contributed by atoms with van der Waals surface area (Å²) < 4.78 is 16.6. The molecule has 0 saturated carbocycles. The van der Waals surface area contributed by atoms with Crippen LogP contribution in [0.5, 0.6) is 0 Å². The third-order valence-corrected chi connectivity index (χ3v) is 22.5. The molecule has 0 unspecified atom stereocenters. The fourth-order valence-corrected chi connectivity index (χ4v) is 17.8. The molecular formula is C102H64BN3O2. The summed E-state index contributed by atoms with van der Waals surface area (Å²) in [5, 5.41) is 6.71. The van der Waals surface area contributed by atoms with Crippen LogP contribution >= 0.6 is 0 Å². The van der Waals surface area contributed by atoms with Crippen LogP contribution in [0.2, 0.25) is 0 Å². The number of benzene rings is 17. The molecule has 0 N–H and O–H groups in total. The number of fused-ring (bicyclic) bond motifs is 13. The molecule has 22 rings (SSSR count). The molecule has 0 spiro atoms. The lowest BCUT2D eigenvalue weighted by atomic mass is 9.33. The number of anilines is 6. The zero-order valence-corrected chi connectivity index (χ0v) is 58.7. The van der Waals surface area contributed by atoms with Gasteiger partial charge in [0.2, 0.25) is 0 Å². The average molecular weight is 1370 g/mol. The van der Waals surface area contributed by atoms with Crippen molar-refractivity contribution >= 4 is 123 Å². The van der Waals surface area contributed by atoms with Crippen molar-refractivity contribution in [2.24, 2.45) is 0 Å². The van der Waals surface area contributed by atoms with Crippen LogP contribution < -0.4 is 26.2 Å². The second kappa shape index (κ2) is 24.7. The Morgan fingerprint density at radius 1 is 0.213 bits per heavy atom. The van der Waals surface area contributed by atoms with Crippen LogP contribution in [0.15, 0.2) is 397 Å². The van der Waals surface area contributed by atoms with E-state index in [2.05, 4.69) is 403 Å². The first-order valence-electron chi connectivity index (χ1n) is 37.1. The molecule has 2 aliphatic heterocycles. The number of hydrogen-bond donors (Lipinski definition) is 0. The van der Waals surface area contributed by atoms with Gasteiger partial charge in [0.15, 0.2) is 0 Å². The summed E-state index contributed by atoms with van der Waals surface area (Å²) in [6.45, 7) is -0.391. The normalized spacial score (nSPS) is 12.4. The van der Waals surface area contributed by atoms with Crippen LogP contribution in [-0.2, 0) is 0 Å². The quantitative estimate of drug-likeness (QED) is 0.121. The Morgan fingerprint density at radius 3 is 0.917 bits per heavy atom.